The second-order valence-corrected chi connectivity index (χ2v) is 3.24. The van der Waals surface area contributed by atoms with E-state index in [-0.39, 0.29) is 18.7 Å². The van der Waals surface area contributed by atoms with Crippen LogP contribution in [-0.2, 0) is 14.4 Å². The molecule has 19 heavy (non-hydrogen) atoms. The molecule has 0 aromatic heterocycles. The molecule has 0 rings (SSSR count). The van der Waals surface area contributed by atoms with E-state index in [0.717, 1.165) is 0 Å². The number of alkyl halides is 3. The molecule has 112 valence electrons. The molecule has 0 radical (unpaired) electrons. The standard InChI is InChI=1S/C7H14N2O3.C2HF3O2/c1-2-9-6(10)4-3-5(8)7(11)12;3-2(4,5)1(6)7/h5H,2-4,8H2,1H3,(H,9,10)(H,11,12);(H,6,7)/t5-;/m0./s1. The van der Waals surface area contributed by atoms with Gasteiger partial charge in [0.05, 0.1) is 0 Å². The Morgan fingerprint density at radius 2 is 1.68 bits per heavy atom. The highest BCUT2D eigenvalue weighted by Crippen LogP contribution is 2.13. The molecule has 7 nitrogen and oxygen atoms in total. The Balaban J connectivity index is 0. The number of hydrogen-bond acceptors (Lipinski definition) is 4. The van der Waals surface area contributed by atoms with Gasteiger partial charge >= 0.3 is 18.1 Å². The highest BCUT2D eigenvalue weighted by molar-refractivity contribution is 5.78. The summed E-state index contributed by atoms with van der Waals surface area (Å²) in [6.07, 6.45) is -4.73. The van der Waals surface area contributed by atoms with Crippen LogP contribution in [0.2, 0.25) is 0 Å². The molecule has 0 fully saturated rings. The monoisotopic (exact) mass is 288 g/mol. The number of nitrogens with two attached hydrogens (primary N) is 1. The maximum atomic E-state index is 10.8. The van der Waals surface area contributed by atoms with Crippen molar-refractivity contribution in [3.8, 4) is 0 Å². The van der Waals surface area contributed by atoms with Gasteiger partial charge in [-0.2, -0.15) is 13.2 Å². The molecule has 1 amide bonds. The van der Waals surface area contributed by atoms with E-state index in [1.54, 1.807) is 6.92 Å². The van der Waals surface area contributed by atoms with Gasteiger partial charge in [-0.15, -0.1) is 0 Å². The van der Waals surface area contributed by atoms with Gasteiger partial charge in [0.15, 0.2) is 0 Å². The van der Waals surface area contributed by atoms with E-state index in [1.807, 2.05) is 0 Å². The van der Waals surface area contributed by atoms with Crippen LogP contribution < -0.4 is 11.1 Å². The lowest BCUT2D eigenvalue weighted by molar-refractivity contribution is -0.192. The zero-order chi connectivity index (χ0) is 15.6. The molecule has 0 aliphatic rings. The predicted octanol–water partition coefficient (Wildman–Crippen LogP) is -0.0521. The summed E-state index contributed by atoms with van der Waals surface area (Å²) in [6.45, 7) is 2.36. The molecule has 0 aliphatic heterocycles. The Hall–Kier alpha value is -1.84. The van der Waals surface area contributed by atoms with Gasteiger partial charge in [0, 0.05) is 13.0 Å². The van der Waals surface area contributed by atoms with Crippen molar-refractivity contribution in [2.24, 2.45) is 5.73 Å². The van der Waals surface area contributed by atoms with Crippen molar-refractivity contribution in [1.82, 2.24) is 5.32 Å². The number of carboxylic acid groups (broad SMARTS) is 2. The van der Waals surface area contributed by atoms with Crippen LogP contribution in [0.4, 0.5) is 13.2 Å². The lowest BCUT2D eigenvalue weighted by atomic mass is 10.1. The third-order valence-corrected chi connectivity index (χ3v) is 1.62. The summed E-state index contributed by atoms with van der Waals surface area (Å²) in [6, 6.07) is -0.937. The van der Waals surface area contributed by atoms with Crippen molar-refractivity contribution in [2.75, 3.05) is 6.54 Å². The molecule has 0 aromatic carbocycles. The van der Waals surface area contributed by atoms with Crippen LogP contribution >= 0.6 is 0 Å². The highest BCUT2D eigenvalue weighted by atomic mass is 19.4. The second-order valence-electron chi connectivity index (χ2n) is 3.24. The molecule has 0 aromatic rings. The van der Waals surface area contributed by atoms with Crippen molar-refractivity contribution in [1.29, 1.82) is 0 Å². The Morgan fingerprint density at radius 3 is 1.95 bits per heavy atom. The molecule has 5 N–H and O–H groups in total. The number of carbonyl (C=O) groups is 3. The summed E-state index contributed by atoms with van der Waals surface area (Å²) in [5, 5.41) is 18.0. The molecule has 0 saturated carbocycles. The fraction of sp³-hybridized carbons (Fsp3) is 0.667. The molecule has 10 heteroatoms. The summed E-state index contributed by atoms with van der Waals surface area (Å²) < 4.78 is 31.7. The molecule has 0 bridgehead atoms. The van der Waals surface area contributed by atoms with Gasteiger partial charge in [-0.1, -0.05) is 0 Å². The minimum atomic E-state index is -5.08. The quantitative estimate of drug-likeness (QED) is 0.561. The molecule has 0 aliphatic carbocycles. The molecular weight excluding hydrogens is 273 g/mol. The largest absolute Gasteiger partial charge is 0.490 e. The number of nitrogens with one attached hydrogen (secondary N) is 1. The number of rotatable bonds is 5. The van der Waals surface area contributed by atoms with Crippen LogP contribution in [0, 0.1) is 0 Å². The van der Waals surface area contributed by atoms with Crippen LogP contribution in [0.3, 0.4) is 0 Å². The first-order valence-corrected chi connectivity index (χ1v) is 5.07. The van der Waals surface area contributed by atoms with E-state index < -0.39 is 24.2 Å². The van der Waals surface area contributed by atoms with E-state index >= 15 is 0 Å². The van der Waals surface area contributed by atoms with Crippen LogP contribution in [0.1, 0.15) is 19.8 Å². The van der Waals surface area contributed by atoms with Crippen LogP contribution in [0.15, 0.2) is 0 Å². The third-order valence-electron chi connectivity index (χ3n) is 1.62. The SMILES string of the molecule is CCNC(=O)CC[C@H](N)C(=O)O.O=C(O)C(F)(F)F. The summed E-state index contributed by atoms with van der Waals surface area (Å²) in [5.41, 5.74) is 5.18. The summed E-state index contributed by atoms with van der Waals surface area (Å²) >= 11 is 0. The molecule has 0 saturated heterocycles. The van der Waals surface area contributed by atoms with Gasteiger partial charge in [0.1, 0.15) is 6.04 Å². The van der Waals surface area contributed by atoms with Crippen LogP contribution in [-0.4, -0.2) is 46.8 Å². The van der Waals surface area contributed by atoms with E-state index in [4.69, 9.17) is 20.7 Å². The molecular formula is C9H15F3N2O5. The zero-order valence-electron chi connectivity index (χ0n) is 10.0. The van der Waals surface area contributed by atoms with E-state index in [9.17, 15) is 22.8 Å². The van der Waals surface area contributed by atoms with Gasteiger partial charge in [0.25, 0.3) is 0 Å². The number of halogens is 3. The van der Waals surface area contributed by atoms with E-state index in [0.29, 0.717) is 6.54 Å². The number of amides is 1. The number of hydrogen-bond donors (Lipinski definition) is 4. The Morgan fingerprint density at radius 1 is 1.26 bits per heavy atom. The minimum absolute atomic E-state index is 0.158. The van der Waals surface area contributed by atoms with E-state index in [2.05, 4.69) is 5.32 Å². The maximum Gasteiger partial charge on any atom is 0.490 e. The van der Waals surface area contributed by atoms with Crippen molar-refractivity contribution in [3.63, 3.8) is 0 Å². The molecule has 0 heterocycles. The Kier molecular flexibility index (Phi) is 9.38. The van der Waals surface area contributed by atoms with Crippen molar-refractivity contribution in [3.05, 3.63) is 0 Å². The first-order valence-electron chi connectivity index (χ1n) is 5.07. The number of carbonyl (C=O) groups excluding carboxylic acids is 1. The maximum absolute atomic E-state index is 10.8. The molecule has 0 spiro atoms. The summed E-state index contributed by atoms with van der Waals surface area (Å²) in [7, 11) is 0. The van der Waals surface area contributed by atoms with Crippen molar-refractivity contribution >= 4 is 17.8 Å². The van der Waals surface area contributed by atoms with E-state index in [1.165, 1.54) is 0 Å². The minimum Gasteiger partial charge on any atom is -0.480 e. The average molecular weight is 288 g/mol. The smallest absolute Gasteiger partial charge is 0.480 e. The second kappa shape index (κ2) is 9.14. The molecule has 0 unspecified atom stereocenters. The third kappa shape index (κ3) is 12.4. The Bertz CT molecular complexity index is 319. The number of aliphatic carboxylic acids is 2. The van der Waals surface area contributed by atoms with Crippen molar-refractivity contribution in [2.45, 2.75) is 32.0 Å². The normalized spacial score (nSPS) is 11.8. The lowest BCUT2D eigenvalue weighted by Crippen LogP contribution is -2.32. The first-order chi connectivity index (χ1) is 8.52. The molecule has 1 atom stereocenters. The first kappa shape index (κ1) is 19.5. The van der Waals surface area contributed by atoms with Gasteiger partial charge in [-0.05, 0) is 13.3 Å². The summed E-state index contributed by atoms with van der Waals surface area (Å²) in [4.78, 5) is 29.9. The van der Waals surface area contributed by atoms with Gasteiger partial charge in [-0.3, -0.25) is 9.59 Å². The van der Waals surface area contributed by atoms with Crippen molar-refractivity contribution < 1.29 is 37.8 Å². The number of carboxylic acids is 2. The van der Waals surface area contributed by atoms with Gasteiger partial charge < -0.3 is 21.3 Å². The highest BCUT2D eigenvalue weighted by Gasteiger charge is 2.38. The lowest BCUT2D eigenvalue weighted by Gasteiger charge is -2.05. The predicted molar refractivity (Wildman–Crippen MR) is 57.2 cm³/mol. The van der Waals surface area contributed by atoms with Gasteiger partial charge in [-0.25, -0.2) is 4.79 Å². The van der Waals surface area contributed by atoms with Gasteiger partial charge in [0.2, 0.25) is 5.91 Å². The van der Waals surface area contributed by atoms with Crippen LogP contribution in [0.25, 0.3) is 0 Å². The summed E-state index contributed by atoms with van der Waals surface area (Å²) in [5.74, 6) is -3.99. The fourth-order valence-corrected chi connectivity index (χ4v) is 0.696. The Labute approximate surface area is 106 Å². The van der Waals surface area contributed by atoms with Crippen LogP contribution in [0.5, 0.6) is 0 Å². The zero-order valence-corrected chi connectivity index (χ0v) is 10.0. The topological polar surface area (TPSA) is 130 Å². The fourth-order valence-electron chi connectivity index (χ4n) is 0.696. The average Bonchev–Trinajstić information content (AvgIpc) is 2.25.